The summed E-state index contributed by atoms with van der Waals surface area (Å²) in [6.07, 6.45) is 1.26. The molecule has 3 aromatic carbocycles. The van der Waals surface area contributed by atoms with Crippen LogP contribution in [0.3, 0.4) is 0 Å². The maximum absolute atomic E-state index is 12.4. The monoisotopic (exact) mass is 520 g/mol. The molecule has 1 N–H and O–H groups in total. The molecule has 0 aliphatic rings. The van der Waals surface area contributed by atoms with E-state index in [0.29, 0.717) is 35.5 Å². The van der Waals surface area contributed by atoms with Crippen molar-refractivity contribution >= 4 is 38.4 Å². The van der Waals surface area contributed by atoms with Gasteiger partial charge in [0.1, 0.15) is 17.6 Å². The van der Waals surface area contributed by atoms with Crippen molar-refractivity contribution in [3.8, 4) is 11.8 Å². The summed E-state index contributed by atoms with van der Waals surface area (Å²) in [6.45, 7) is 4.21. The molecule has 0 aliphatic carbocycles. The van der Waals surface area contributed by atoms with E-state index in [2.05, 4.69) is 16.4 Å². The molecule has 36 heavy (non-hydrogen) atoms. The number of nitrogens with zero attached hydrogens (tertiary/aromatic N) is 3. The quantitative estimate of drug-likeness (QED) is 0.367. The second kappa shape index (κ2) is 10.5. The number of aryl methyl sites for hydroxylation is 2. The van der Waals surface area contributed by atoms with Crippen molar-refractivity contribution in [1.82, 2.24) is 14.9 Å². The van der Waals surface area contributed by atoms with Gasteiger partial charge in [0.05, 0.1) is 26.5 Å². The van der Waals surface area contributed by atoms with Crippen LogP contribution in [-0.4, -0.2) is 36.2 Å². The Morgan fingerprint density at radius 2 is 1.81 bits per heavy atom. The summed E-state index contributed by atoms with van der Waals surface area (Å²) >= 11 is 6.27. The average molecular weight is 521 g/mol. The maximum Gasteiger partial charge on any atom is 0.235 e. The van der Waals surface area contributed by atoms with E-state index >= 15 is 0 Å². The molecule has 4 aromatic rings. The molecule has 0 bridgehead atoms. The molecule has 0 aliphatic heterocycles. The number of nitrogens with one attached hydrogen (secondary N) is 1. The van der Waals surface area contributed by atoms with E-state index in [1.807, 2.05) is 42.7 Å². The van der Waals surface area contributed by atoms with E-state index in [0.717, 1.165) is 28.2 Å². The molecule has 1 aromatic heterocycles. The number of fused-ring (bicyclic) bond motifs is 1. The minimum atomic E-state index is -3.68. The molecule has 0 saturated heterocycles. The molecule has 9 heteroatoms. The van der Waals surface area contributed by atoms with Gasteiger partial charge in [0.15, 0.2) is 9.84 Å². The lowest BCUT2D eigenvalue weighted by Gasteiger charge is -2.10. The fourth-order valence-corrected chi connectivity index (χ4v) is 5.33. The van der Waals surface area contributed by atoms with Crippen LogP contribution in [0, 0.1) is 18.3 Å². The fraction of sp³-hybridized carbons (Fsp3) is 0.222. The van der Waals surface area contributed by atoms with E-state index in [-0.39, 0.29) is 4.90 Å². The Balaban J connectivity index is 1.42. The van der Waals surface area contributed by atoms with Gasteiger partial charge in [-0.15, -0.1) is 0 Å². The minimum Gasteiger partial charge on any atom is -0.355 e. The summed E-state index contributed by atoms with van der Waals surface area (Å²) in [7, 11) is -3.68. The lowest BCUT2D eigenvalue weighted by molar-refractivity contribution is -0.118. The number of nitriles is 1. The van der Waals surface area contributed by atoms with Gasteiger partial charge in [-0.1, -0.05) is 48.4 Å². The Morgan fingerprint density at radius 3 is 2.44 bits per heavy atom. The van der Waals surface area contributed by atoms with Crippen molar-refractivity contribution in [2.75, 3.05) is 12.3 Å². The number of sulfone groups is 1. The minimum absolute atomic E-state index is 0.141. The molecular weight excluding hydrogens is 496 g/mol. The number of aromatic nitrogens is 2. The Hall–Kier alpha value is -3.67. The third-order valence-corrected chi connectivity index (χ3v) is 7.83. The van der Waals surface area contributed by atoms with Crippen LogP contribution in [0.15, 0.2) is 65.6 Å². The number of carbonyl (C=O) groups is 1. The fourth-order valence-electron chi connectivity index (χ4n) is 3.97. The Kier molecular flexibility index (Phi) is 7.43. The van der Waals surface area contributed by atoms with E-state index in [9.17, 15) is 18.5 Å². The third-order valence-electron chi connectivity index (χ3n) is 5.88. The number of amides is 1. The van der Waals surface area contributed by atoms with Gasteiger partial charge >= 0.3 is 0 Å². The highest BCUT2D eigenvalue weighted by Gasteiger charge is 2.19. The number of hydrogen-bond donors (Lipinski definition) is 1. The molecule has 1 amide bonds. The highest BCUT2D eigenvalue weighted by molar-refractivity contribution is 7.92. The van der Waals surface area contributed by atoms with Crippen molar-refractivity contribution < 1.29 is 13.2 Å². The van der Waals surface area contributed by atoms with Gasteiger partial charge in [0.25, 0.3) is 0 Å². The van der Waals surface area contributed by atoms with Crippen LogP contribution in [0.25, 0.3) is 16.7 Å². The molecule has 184 valence electrons. The zero-order chi connectivity index (χ0) is 25.9. The molecule has 7 nitrogen and oxygen atoms in total. The first kappa shape index (κ1) is 25.4. The van der Waals surface area contributed by atoms with Crippen molar-refractivity contribution in [3.63, 3.8) is 0 Å². The lowest BCUT2D eigenvalue weighted by atomic mass is 10.1. The summed E-state index contributed by atoms with van der Waals surface area (Å²) in [6, 6.07) is 19.8. The van der Waals surface area contributed by atoms with E-state index in [1.165, 1.54) is 12.1 Å². The standard InChI is InChI=1S/C27H25ClN4O3S/c1-3-26-31-24-14-20(16-29)23(28)15-25(24)32(26)21-8-6-19(7-9-21)12-13-30-27(33)17-36(34,35)22-10-4-18(2)5-11-22/h4-11,14-15H,3,12-13,17H2,1-2H3,(H,30,33). The summed E-state index contributed by atoms with van der Waals surface area (Å²) < 4.78 is 26.9. The summed E-state index contributed by atoms with van der Waals surface area (Å²) in [4.78, 5) is 17.0. The van der Waals surface area contributed by atoms with E-state index in [1.54, 1.807) is 24.3 Å². The third kappa shape index (κ3) is 5.43. The molecule has 0 unspecified atom stereocenters. The normalized spacial score (nSPS) is 11.4. The molecule has 1 heterocycles. The SMILES string of the molecule is CCc1nc2cc(C#N)c(Cl)cc2n1-c1ccc(CCNC(=O)CS(=O)(=O)c2ccc(C)cc2)cc1. The number of imidazole rings is 1. The van der Waals surface area contributed by atoms with Crippen LogP contribution in [0.2, 0.25) is 5.02 Å². The molecule has 0 saturated carbocycles. The summed E-state index contributed by atoms with van der Waals surface area (Å²) in [5.74, 6) is -0.261. The second-order valence-corrected chi connectivity index (χ2v) is 10.9. The van der Waals surface area contributed by atoms with Crippen molar-refractivity contribution in [2.24, 2.45) is 0 Å². The lowest BCUT2D eigenvalue weighted by Crippen LogP contribution is -2.31. The first-order valence-electron chi connectivity index (χ1n) is 11.5. The number of hydrogen-bond acceptors (Lipinski definition) is 5. The van der Waals surface area contributed by atoms with Gasteiger partial charge in [-0.2, -0.15) is 5.26 Å². The average Bonchev–Trinajstić information content (AvgIpc) is 3.21. The number of halogens is 1. The van der Waals surface area contributed by atoms with Crippen molar-refractivity contribution in [3.05, 3.63) is 88.2 Å². The molecule has 0 fully saturated rings. The number of rotatable bonds is 8. The zero-order valence-electron chi connectivity index (χ0n) is 20.0. The highest BCUT2D eigenvalue weighted by atomic mass is 35.5. The van der Waals surface area contributed by atoms with E-state index in [4.69, 9.17) is 11.6 Å². The largest absolute Gasteiger partial charge is 0.355 e. The second-order valence-electron chi connectivity index (χ2n) is 8.49. The molecule has 4 rings (SSSR count). The van der Waals surface area contributed by atoms with Gasteiger partial charge in [0, 0.05) is 18.7 Å². The van der Waals surface area contributed by atoms with Crippen LogP contribution in [-0.2, 0) is 27.5 Å². The number of benzene rings is 3. The molecule has 0 spiro atoms. The summed E-state index contributed by atoms with van der Waals surface area (Å²) in [5.41, 5.74) is 4.78. The van der Waals surface area contributed by atoms with Gasteiger partial charge in [0.2, 0.25) is 5.91 Å². The van der Waals surface area contributed by atoms with Gasteiger partial charge in [-0.3, -0.25) is 9.36 Å². The van der Waals surface area contributed by atoms with Gasteiger partial charge in [-0.25, -0.2) is 13.4 Å². The summed E-state index contributed by atoms with van der Waals surface area (Å²) in [5, 5.41) is 12.3. The Morgan fingerprint density at radius 1 is 1.11 bits per heavy atom. The van der Waals surface area contributed by atoms with Crippen LogP contribution in [0.5, 0.6) is 0 Å². The number of carbonyl (C=O) groups excluding carboxylic acids is 1. The van der Waals surface area contributed by atoms with Crippen LogP contribution in [0.4, 0.5) is 0 Å². The molecule has 0 atom stereocenters. The predicted molar refractivity (Wildman–Crippen MR) is 140 cm³/mol. The first-order valence-corrected chi connectivity index (χ1v) is 13.5. The van der Waals surface area contributed by atoms with Gasteiger partial charge in [-0.05, 0) is 55.3 Å². The Bertz CT molecular complexity index is 1570. The van der Waals surface area contributed by atoms with Crippen LogP contribution < -0.4 is 5.32 Å². The zero-order valence-corrected chi connectivity index (χ0v) is 21.5. The van der Waals surface area contributed by atoms with Crippen LogP contribution in [0.1, 0.15) is 29.4 Å². The predicted octanol–water partition coefficient (Wildman–Crippen LogP) is 4.55. The smallest absolute Gasteiger partial charge is 0.235 e. The molecular formula is C27H25ClN4O3S. The van der Waals surface area contributed by atoms with Crippen molar-refractivity contribution in [1.29, 1.82) is 5.26 Å². The molecule has 0 radical (unpaired) electrons. The van der Waals surface area contributed by atoms with Crippen molar-refractivity contribution in [2.45, 2.75) is 31.6 Å². The maximum atomic E-state index is 12.4. The van der Waals surface area contributed by atoms with Gasteiger partial charge < -0.3 is 5.32 Å². The Labute approximate surface area is 215 Å². The topological polar surface area (TPSA) is 105 Å². The van der Waals surface area contributed by atoms with Crippen LogP contribution >= 0.6 is 11.6 Å². The van der Waals surface area contributed by atoms with E-state index < -0.39 is 21.5 Å². The first-order chi connectivity index (χ1) is 17.2. The highest BCUT2D eigenvalue weighted by Crippen LogP contribution is 2.27.